The molecule has 0 radical (unpaired) electrons. The van der Waals surface area contributed by atoms with Crippen molar-refractivity contribution in [1.82, 2.24) is 0 Å². The van der Waals surface area contributed by atoms with E-state index < -0.39 is 5.97 Å². The number of hydrogen-bond acceptors (Lipinski definition) is 9. The Hall–Kier alpha value is -3.18. The lowest BCUT2D eigenvalue weighted by Crippen LogP contribution is -2.35. The Balaban J connectivity index is 1.04. The molecule has 3 aromatic rings. The van der Waals surface area contributed by atoms with E-state index in [1.807, 2.05) is 72.8 Å². The Bertz CT molecular complexity index is 1060. The predicted molar refractivity (Wildman–Crippen MR) is 148 cm³/mol. The fourth-order valence-electron chi connectivity index (χ4n) is 3.87. The monoisotopic (exact) mass is 564 g/mol. The molecule has 218 valence electrons. The number of epoxide rings is 3. The van der Waals surface area contributed by atoms with Gasteiger partial charge in [0.2, 0.25) is 0 Å². The molecule has 3 heterocycles. The van der Waals surface area contributed by atoms with Crippen LogP contribution in [-0.4, -0.2) is 63.9 Å². The lowest BCUT2D eigenvalue weighted by molar-refractivity contribution is -0.383. The summed E-state index contributed by atoms with van der Waals surface area (Å²) in [7, 11) is 0. The first-order valence-corrected chi connectivity index (χ1v) is 14.0. The van der Waals surface area contributed by atoms with Crippen LogP contribution in [0.15, 0.2) is 72.8 Å². The summed E-state index contributed by atoms with van der Waals surface area (Å²) in [6.45, 7) is 6.71. The van der Waals surface area contributed by atoms with Crippen molar-refractivity contribution >= 4 is 0 Å². The average molecular weight is 565 g/mol. The summed E-state index contributed by atoms with van der Waals surface area (Å²) in [5.74, 6) is 1.10. The van der Waals surface area contributed by atoms with Crippen LogP contribution >= 0.6 is 0 Å². The molecule has 41 heavy (non-hydrogen) atoms. The summed E-state index contributed by atoms with van der Waals surface area (Å²) in [4.78, 5) is 0. The molecule has 3 aliphatic heterocycles. The lowest BCUT2D eigenvalue weighted by Gasteiger charge is -2.30. The van der Waals surface area contributed by atoms with Gasteiger partial charge in [0.05, 0.1) is 39.6 Å². The molecule has 0 aliphatic carbocycles. The molecule has 0 aromatic heterocycles. The number of benzene rings is 3. The van der Waals surface area contributed by atoms with Crippen molar-refractivity contribution in [1.29, 1.82) is 0 Å². The quantitative estimate of drug-likeness (QED) is 0.162. The minimum atomic E-state index is -1.30. The Morgan fingerprint density at radius 1 is 0.512 bits per heavy atom. The van der Waals surface area contributed by atoms with Crippen LogP contribution in [0.25, 0.3) is 0 Å². The largest absolute Gasteiger partial charge is 0.491 e. The van der Waals surface area contributed by atoms with Crippen molar-refractivity contribution in [2.24, 2.45) is 0 Å². The third-order valence-corrected chi connectivity index (χ3v) is 6.79. The first-order valence-electron chi connectivity index (χ1n) is 14.0. The normalized spacial score (nSPS) is 22.0. The maximum atomic E-state index is 6.22. The lowest BCUT2D eigenvalue weighted by atomic mass is 10.2. The van der Waals surface area contributed by atoms with E-state index in [2.05, 4.69) is 0 Å². The summed E-state index contributed by atoms with van der Waals surface area (Å²) < 4.78 is 51.5. The Morgan fingerprint density at radius 3 is 1.02 bits per heavy atom. The van der Waals surface area contributed by atoms with Gasteiger partial charge in [0.15, 0.2) is 0 Å². The molecule has 3 aliphatic rings. The van der Waals surface area contributed by atoms with Crippen LogP contribution in [0, 0.1) is 0 Å². The second kappa shape index (κ2) is 13.2. The van der Waals surface area contributed by atoms with Crippen LogP contribution in [0.3, 0.4) is 0 Å². The molecule has 3 atom stereocenters. The van der Waals surface area contributed by atoms with Crippen molar-refractivity contribution in [3.63, 3.8) is 0 Å². The minimum absolute atomic E-state index is 0.218. The Kier molecular flexibility index (Phi) is 9.00. The van der Waals surface area contributed by atoms with Gasteiger partial charge in [0.25, 0.3) is 5.97 Å². The number of ether oxygens (including phenoxy) is 9. The van der Waals surface area contributed by atoms with Crippen molar-refractivity contribution in [3.05, 3.63) is 89.5 Å². The van der Waals surface area contributed by atoms with Gasteiger partial charge in [0.1, 0.15) is 55.4 Å². The van der Waals surface area contributed by atoms with Crippen LogP contribution in [0.2, 0.25) is 0 Å². The van der Waals surface area contributed by atoms with Crippen LogP contribution < -0.4 is 14.2 Å². The Labute approximate surface area is 240 Å². The summed E-state index contributed by atoms with van der Waals surface area (Å²) in [5.41, 5.74) is 2.92. The SMILES string of the molecule is CC(OCc1ccc(OCC2CO2)cc1)(OCc1ccc(OCC2CO2)cc1)OCc1ccc(OCC2CO2)cc1. The molecule has 0 bridgehead atoms. The second-order valence-corrected chi connectivity index (χ2v) is 10.5. The fraction of sp³-hybridized carbons (Fsp3) is 0.438. The molecule has 3 aromatic carbocycles. The molecule has 3 unspecified atom stereocenters. The van der Waals surface area contributed by atoms with Gasteiger partial charge >= 0.3 is 0 Å². The van der Waals surface area contributed by atoms with Gasteiger partial charge in [-0.1, -0.05) is 36.4 Å². The molecule has 0 N–H and O–H groups in total. The molecule has 0 amide bonds. The third-order valence-electron chi connectivity index (χ3n) is 6.79. The molecule has 9 heteroatoms. The van der Waals surface area contributed by atoms with Crippen molar-refractivity contribution in [2.45, 2.75) is 51.0 Å². The maximum absolute atomic E-state index is 6.22. The van der Waals surface area contributed by atoms with E-state index >= 15 is 0 Å². The van der Waals surface area contributed by atoms with Crippen LogP contribution in [-0.2, 0) is 48.2 Å². The van der Waals surface area contributed by atoms with Crippen LogP contribution in [0.4, 0.5) is 0 Å². The van der Waals surface area contributed by atoms with Crippen molar-refractivity contribution < 1.29 is 42.6 Å². The number of rotatable bonds is 18. The zero-order valence-electron chi connectivity index (χ0n) is 23.2. The van der Waals surface area contributed by atoms with Gasteiger partial charge in [-0.25, -0.2) is 0 Å². The standard InChI is InChI=1S/C32H36O9/c1-32(39-14-23-2-8-26(9-3-23)33-17-29-20-36-29,40-15-24-4-10-27(11-5-24)34-18-30-21-37-30)41-16-25-6-12-28(13-7-25)35-19-31-22-38-31/h2-13,29-31H,14-22H2,1H3. The van der Waals surface area contributed by atoms with Gasteiger partial charge in [0, 0.05) is 6.92 Å². The van der Waals surface area contributed by atoms with E-state index in [0.29, 0.717) is 39.6 Å². The molecular weight excluding hydrogens is 528 g/mol. The van der Waals surface area contributed by atoms with E-state index in [4.69, 9.17) is 42.6 Å². The predicted octanol–water partition coefficient (Wildman–Crippen LogP) is 4.64. The van der Waals surface area contributed by atoms with E-state index in [1.54, 1.807) is 6.92 Å². The average Bonchev–Trinajstić information content (AvgIpc) is 3.86. The first-order chi connectivity index (χ1) is 20.1. The van der Waals surface area contributed by atoms with Gasteiger partial charge < -0.3 is 42.6 Å². The van der Waals surface area contributed by atoms with Crippen LogP contribution in [0.1, 0.15) is 23.6 Å². The maximum Gasteiger partial charge on any atom is 0.280 e. The highest BCUT2D eigenvalue weighted by Gasteiger charge is 2.29. The molecule has 9 nitrogen and oxygen atoms in total. The first kappa shape index (κ1) is 28.0. The van der Waals surface area contributed by atoms with E-state index in [1.165, 1.54) is 0 Å². The van der Waals surface area contributed by atoms with Gasteiger partial charge in [-0.15, -0.1) is 0 Å². The van der Waals surface area contributed by atoms with Crippen molar-refractivity contribution in [3.8, 4) is 17.2 Å². The highest BCUT2D eigenvalue weighted by molar-refractivity contribution is 5.28. The molecule has 6 rings (SSSR count). The van der Waals surface area contributed by atoms with E-state index in [-0.39, 0.29) is 18.3 Å². The second-order valence-electron chi connectivity index (χ2n) is 10.5. The summed E-state index contributed by atoms with van der Waals surface area (Å²) in [6, 6.07) is 23.4. The topological polar surface area (TPSA) is 93.0 Å². The van der Waals surface area contributed by atoms with Gasteiger partial charge in [-0.05, 0) is 53.1 Å². The molecular formula is C32H36O9. The smallest absolute Gasteiger partial charge is 0.280 e. The summed E-state index contributed by atoms with van der Waals surface area (Å²) >= 11 is 0. The molecule has 0 spiro atoms. The molecule has 3 saturated heterocycles. The summed E-state index contributed by atoms with van der Waals surface area (Å²) in [5, 5.41) is 0. The molecule has 3 fully saturated rings. The van der Waals surface area contributed by atoms with Crippen LogP contribution in [0.5, 0.6) is 17.2 Å². The van der Waals surface area contributed by atoms with E-state index in [0.717, 1.165) is 53.8 Å². The fourth-order valence-corrected chi connectivity index (χ4v) is 3.87. The van der Waals surface area contributed by atoms with Gasteiger partial charge in [-0.3, -0.25) is 0 Å². The van der Waals surface area contributed by atoms with Gasteiger partial charge in [-0.2, -0.15) is 0 Å². The molecule has 0 saturated carbocycles. The van der Waals surface area contributed by atoms with E-state index in [9.17, 15) is 0 Å². The zero-order chi connectivity index (χ0) is 27.9. The minimum Gasteiger partial charge on any atom is -0.491 e. The van der Waals surface area contributed by atoms with Crippen molar-refractivity contribution in [2.75, 3.05) is 39.6 Å². The highest BCUT2D eigenvalue weighted by atomic mass is 16.9. The highest BCUT2D eigenvalue weighted by Crippen LogP contribution is 2.25. The Morgan fingerprint density at radius 2 is 0.780 bits per heavy atom. The zero-order valence-corrected chi connectivity index (χ0v) is 23.2. The third kappa shape index (κ3) is 9.43. The number of hydrogen-bond donors (Lipinski definition) is 0. The summed E-state index contributed by atoms with van der Waals surface area (Å²) in [6.07, 6.45) is 0.653.